The first-order valence-corrected chi connectivity index (χ1v) is 9.75. The van der Waals surface area contributed by atoms with Crippen LogP contribution in [0.15, 0.2) is 0 Å². The first kappa shape index (κ1) is 18.4. The number of phosphoric ester groups is 3. The van der Waals surface area contributed by atoms with Crippen molar-refractivity contribution in [1.82, 2.24) is 0 Å². The normalized spacial score (nSPS) is 49.0. The zero-order chi connectivity index (χ0) is 15.6. The maximum atomic E-state index is 10.8. The van der Waals surface area contributed by atoms with Crippen molar-refractivity contribution in [3.8, 4) is 0 Å². The third kappa shape index (κ3) is 6.89. The van der Waals surface area contributed by atoms with Crippen LogP contribution in [0.4, 0.5) is 0 Å². The van der Waals surface area contributed by atoms with Crippen LogP contribution in [0.5, 0.6) is 0 Å². The summed E-state index contributed by atoms with van der Waals surface area (Å²) >= 11 is 0. The summed E-state index contributed by atoms with van der Waals surface area (Å²) < 4.78 is 53.1. The predicted molar refractivity (Wildman–Crippen MR) is 63.6 cm³/mol. The lowest BCUT2D eigenvalue weighted by molar-refractivity contribution is 0.131. The molecule has 2 fully saturated rings. The Balaban J connectivity index is 0.000000217. The van der Waals surface area contributed by atoms with Gasteiger partial charge in [-0.15, -0.1) is 0 Å². The maximum Gasteiger partial charge on any atom is 0.481 e. The van der Waals surface area contributed by atoms with E-state index in [2.05, 4.69) is 22.4 Å². The van der Waals surface area contributed by atoms with Crippen molar-refractivity contribution in [2.45, 2.75) is 26.1 Å². The molecule has 3 N–H and O–H groups in total. The smallest absolute Gasteiger partial charge is 0.302 e. The van der Waals surface area contributed by atoms with E-state index in [1.54, 1.807) is 6.92 Å². The van der Waals surface area contributed by atoms with Gasteiger partial charge in [-0.1, -0.05) is 0 Å². The quantitative estimate of drug-likeness (QED) is 0.535. The number of hydrogen-bond acceptors (Lipinski definition) is 8. The Morgan fingerprint density at radius 3 is 1.55 bits per heavy atom. The van der Waals surface area contributed by atoms with Crippen LogP contribution in [-0.4, -0.2) is 40.1 Å². The topological polar surface area (TPSA) is 158 Å². The largest absolute Gasteiger partial charge is 0.481 e. The third-order valence-electron chi connectivity index (χ3n) is 1.78. The molecule has 120 valence electrons. The minimum Gasteiger partial charge on any atom is -0.302 e. The van der Waals surface area contributed by atoms with E-state index in [1.807, 2.05) is 0 Å². The molecule has 2 aliphatic rings. The molecule has 2 saturated heterocycles. The van der Waals surface area contributed by atoms with E-state index < -0.39 is 29.6 Å². The second-order valence-electron chi connectivity index (χ2n) is 3.91. The average Bonchev–Trinajstić information content (AvgIpc) is 2.47. The Labute approximate surface area is 114 Å². The molecule has 5 atom stereocenters. The van der Waals surface area contributed by atoms with Gasteiger partial charge >= 0.3 is 23.5 Å². The molecule has 0 radical (unpaired) electrons. The van der Waals surface area contributed by atoms with Crippen molar-refractivity contribution in [2.24, 2.45) is 0 Å². The van der Waals surface area contributed by atoms with Crippen LogP contribution < -0.4 is 0 Å². The molecule has 0 saturated carbocycles. The summed E-state index contributed by atoms with van der Waals surface area (Å²) in [6, 6.07) is 0. The molecular weight excluding hydrogens is 341 g/mol. The summed E-state index contributed by atoms with van der Waals surface area (Å²) in [6.07, 6.45) is -1.00. The van der Waals surface area contributed by atoms with Gasteiger partial charge in [0.05, 0.1) is 25.4 Å². The van der Waals surface area contributed by atoms with E-state index in [0.717, 1.165) is 0 Å². The van der Waals surface area contributed by atoms with Gasteiger partial charge in [0, 0.05) is 0 Å². The lowest BCUT2D eigenvalue weighted by Gasteiger charge is -2.09. The Morgan fingerprint density at radius 1 is 0.800 bits per heavy atom. The highest BCUT2D eigenvalue weighted by Crippen LogP contribution is 2.62. The molecule has 2 aliphatic heterocycles. The van der Waals surface area contributed by atoms with Gasteiger partial charge in [0.2, 0.25) is 0 Å². The summed E-state index contributed by atoms with van der Waals surface area (Å²) in [6.45, 7) is 3.04. The molecule has 5 unspecified atom stereocenters. The van der Waals surface area contributed by atoms with Gasteiger partial charge in [-0.2, -0.15) is 4.31 Å². The Bertz CT molecular complexity index is 477. The second kappa shape index (κ2) is 6.64. The highest BCUT2D eigenvalue weighted by Gasteiger charge is 2.40. The molecule has 0 bridgehead atoms. The SMILES string of the molecule is CC1COP(=O)(O)O1.CC1COP(=O)(O)OP(=O)(O)O1. The highest BCUT2D eigenvalue weighted by atomic mass is 31.3. The zero-order valence-corrected chi connectivity index (χ0v) is 13.2. The van der Waals surface area contributed by atoms with Crippen molar-refractivity contribution >= 4 is 23.5 Å². The van der Waals surface area contributed by atoms with Crippen molar-refractivity contribution in [3.63, 3.8) is 0 Å². The van der Waals surface area contributed by atoms with Crippen LogP contribution >= 0.6 is 23.5 Å². The number of rotatable bonds is 0. The Morgan fingerprint density at radius 2 is 1.20 bits per heavy atom. The molecule has 20 heavy (non-hydrogen) atoms. The molecule has 0 aromatic heterocycles. The first-order chi connectivity index (χ1) is 8.91. The minimum atomic E-state index is -4.45. The summed E-state index contributed by atoms with van der Waals surface area (Å²) in [5.41, 5.74) is 0. The van der Waals surface area contributed by atoms with Crippen molar-refractivity contribution < 1.29 is 50.8 Å². The monoisotopic (exact) mass is 356 g/mol. The maximum absolute atomic E-state index is 10.8. The molecule has 0 amide bonds. The molecule has 2 rings (SSSR count). The minimum absolute atomic E-state index is 0.216. The predicted octanol–water partition coefficient (Wildman–Crippen LogP) is 1.16. The van der Waals surface area contributed by atoms with E-state index in [4.69, 9.17) is 14.7 Å². The zero-order valence-electron chi connectivity index (χ0n) is 10.5. The molecule has 2 heterocycles. The van der Waals surface area contributed by atoms with Crippen LogP contribution in [0.3, 0.4) is 0 Å². The lowest BCUT2D eigenvalue weighted by Crippen LogP contribution is -2.09. The van der Waals surface area contributed by atoms with E-state index in [1.165, 1.54) is 6.92 Å². The van der Waals surface area contributed by atoms with Gasteiger partial charge < -0.3 is 14.7 Å². The Kier molecular flexibility index (Phi) is 6.12. The van der Waals surface area contributed by atoms with E-state index >= 15 is 0 Å². The third-order valence-corrected chi connectivity index (χ3v) is 5.63. The number of hydrogen-bond donors (Lipinski definition) is 3. The lowest BCUT2D eigenvalue weighted by atomic mass is 10.5. The highest BCUT2D eigenvalue weighted by molar-refractivity contribution is 7.61. The van der Waals surface area contributed by atoms with Crippen LogP contribution in [0.2, 0.25) is 0 Å². The molecule has 0 aromatic carbocycles. The molecule has 0 aromatic rings. The molecule has 11 nitrogen and oxygen atoms in total. The van der Waals surface area contributed by atoms with Gasteiger partial charge in [-0.05, 0) is 13.8 Å². The summed E-state index contributed by atoms with van der Waals surface area (Å²) in [4.78, 5) is 25.9. The second-order valence-corrected chi connectivity index (χ2v) is 8.31. The molecule has 0 aliphatic carbocycles. The fraction of sp³-hybridized carbons (Fsp3) is 1.00. The van der Waals surface area contributed by atoms with Gasteiger partial charge in [0.1, 0.15) is 0 Å². The van der Waals surface area contributed by atoms with E-state index in [0.29, 0.717) is 0 Å². The standard InChI is InChI=1S/C3H8O7P2.C3H7O4P/c1-3-2-8-11(4,5)10-12(6,7)9-3;1-3-2-6-8(4,5)7-3/h3H,2H2,1H3,(H,4,5)(H,6,7);3H,2H2,1H3,(H,4,5). The van der Waals surface area contributed by atoms with Crippen LogP contribution in [0, 0.1) is 0 Å². The van der Waals surface area contributed by atoms with E-state index in [9.17, 15) is 13.7 Å². The van der Waals surface area contributed by atoms with Gasteiger partial charge in [0.15, 0.2) is 0 Å². The summed E-state index contributed by atoms with van der Waals surface area (Å²) in [5.74, 6) is 0. The summed E-state index contributed by atoms with van der Waals surface area (Å²) in [5, 5.41) is 0. The molecule has 0 spiro atoms. The van der Waals surface area contributed by atoms with Crippen LogP contribution in [0.25, 0.3) is 0 Å². The van der Waals surface area contributed by atoms with Crippen molar-refractivity contribution in [2.75, 3.05) is 13.2 Å². The van der Waals surface area contributed by atoms with Crippen molar-refractivity contribution in [3.05, 3.63) is 0 Å². The average molecular weight is 356 g/mol. The van der Waals surface area contributed by atoms with Crippen LogP contribution in [-0.2, 0) is 36.1 Å². The van der Waals surface area contributed by atoms with Crippen LogP contribution in [0.1, 0.15) is 13.8 Å². The Hall–Kier alpha value is 0.370. The number of phosphoric acid groups is 3. The fourth-order valence-corrected chi connectivity index (χ4v) is 4.39. The van der Waals surface area contributed by atoms with Crippen molar-refractivity contribution in [1.29, 1.82) is 0 Å². The van der Waals surface area contributed by atoms with E-state index in [-0.39, 0.29) is 19.3 Å². The molecule has 14 heteroatoms. The summed E-state index contributed by atoms with van der Waals surface area (Å²) in [7, 11) is -12.5. The molecular formula is C6H15O11P3. The van der Waals surface area contributed by atoms with Gasteiger partial charge in [0.25, 0.3) is 0 Å². The first-order valence-electron chi connectivity index (χ1n) is 5.26. The fourth-order valence-electron chi connectivity index (χ4n) is 1.12. The van der Waals surface area contributed by atoms with Gasteiger partial charge in [-0.3, -0.25) is 18.1 Å². The van der Waals surface area contributed by atoms with Gasteiger partial charge in [-0.25, -0.2) is 13.7 Å².